The largest absolute Gasteiger partial charge is 0.480 e. The highest BCUT2D eigenvalue weighted by molar-refractivity contribution is 5.97. The zero-order valence-electron chi connectivity index (χ0n) is 23.9. The average molecular weight is 552 g/mol. The van der Waals surface area contributed by atoms with Gasteiger partial charge in [0.15, 0.2) is 5.60 Å². The van der Waals surface area contributed by atoms with E-state index in [-0.39, 0.29) is 31.4 Å². The number of carbonyl (C=O) groups excluding carboxylic acids is 2. The first-order chi connectivity index (χ1) is 18.1. The lowest BCUT2D eigenvalue weighted by Crippen LogP contribution is -2.63. The highest BCUT2D eigenvalue weighted by Crippen LogP contribution is 2.33. The standard InChI is InChI=1S/C29H45NO9/c1-6-39-27(36)29(38,28(5,37)26(34)35)18-22(4)14-8-12-20(2)10-7-11-21(3)13-9-15-23-16-17-30(25(23)33)19-24(31)32/h10,13,16,22,37-38H,6-9,11-12,14-15,17-19H2,1-5H3,(H,31,32)(H,34,35)/b20-10+,21-13+/t22-,28+,29-/m0/s1. The van der Waals surface area contributed by atoms with Gasteiger partial charge < -0.3 is 30.1 Å². The number of aliphatic carboxylic acids is 2. The Kier molecular flexibility index (Phi) is 13.6. The highest BCUT2D eigenvalue weighted by Gasteiger charge is 2.58. The van der Waals surface area contributed by atoms with E-state index >= 15 is 0 Å². The van der Waals surface area contributed by atoms with Gasteiger partial charge in [-0.25, -0.2) is 9.59 Å². The van der Waals surface area contributed by atoms with Crippen LogP contribution in [0.4, 0.5) is 0 Å². The van der Waals surface area contributed by atoms with Crippen LogP contribution in [-0.4, -0.2) is 80.0 Å². The normalized spacial score (nSPS) is 18.3. The second kappa shape index (κ2) is 15.6. The minimum atomic E-state index is -2.68. The van der Waals surface area contributed by atoms with E-state index in [2.05, 4.69) is 12.2 Å². The van der Waals surface area contributed by atoms with Crippen molar-refractivity contribution in [2.75, 3.05) is 19.7 Å². The molecule has 1 rings (SSSR count). The van der Waals surface area contributed by atoms with Crippen LogP contribution >= 0.6 is 0 Å². The third kappa shape index (κ3) is 10.3. The maximum Gasteiger partial charge on any atom is 0.341 e. The maximum atomic E-state index is 12.4. The molecule has 1 amide bonds. The van der Waals surface area contributed by atoms with Crippen LogP contribution in [0.3, 0.4) is 0 Å². The van der Waals surface area contributed by atoms with E-state index in [0.717, 1.165) is 39.0 Å². The minimum Gasteiger partial charge on any atom is -0.480 e. The molecule has 3 atom stereocenters. The third-order valence-corrected chi connectivity index (χ3v) is 7.13. The van der Waals surface area contributed by atoms with Crippen LogP contribution in [0, 0.1) is 5.92 Å². The smallest absolute Gasteiger partial charge is 0.341 e. The fourth-order valence-corrected chi connectivity index (χ4v) is 4.57. The van der Waals surface area contributed by atoms with E-state index in [1.54, 1.807) is 19.9 Å². The molecule has 0 aromatic carbocycles. The molecule has 39 heavy (non-hydrogen) atoms. The predicted octanol–water partition coefficient (Wildman–Crippen LogP) is 3.62. The molecule has 10 heteroatoms. The molecule has 0 saturated carbocycles. The van der Waals surface area contributed by atoms with Gasteiger partial charge in [-0.2, -0.15) is 0 Å². The molecule has 0 aromatic rings. The molecule has 0 fully saturated rings. The number of hydrogen-bond donors (Lipinski definition) is 4. The van der Waals surface area contributed by atoms with E-state index in [0.29, 0.717) is 25.0 Å². The number of carboxylic acids is 2. The van der Waals surface area contributed by atoms with Crippen LogP contribution in [0.15, 0.2) is 34.9 Å². The van der Waals surface area contributed by atoms with Crippen molar-refractivity contribution in [3.05, 3.63) is 34.9 Å². The van der Waals surface area contributed by atoms with Gasteiger partial charge in [0.2, 0.25) is 11.5 Å². The molecule has 0 bridgehead atoms. The van der Waals surface area contributed by atoms with Crippen molar-refractivity contribution in [1.29, 1.82) is 0 Å². The Hall–Kier alpha value is -2.98. The number of rotatable bonds is 18. The first-order valence-corrected chi connectivity index (χ1v) is 13.5. The van der Waals surface area contributed by atoms with Gasteiger partial charge in [-0.1, -0.05) is 42.7 Å². The maximum absolute atomic E-state index is 12.4. The summed E-state index contributed by atoms with van der Waals surface area (Å²) < 4.78 is 4.86. The summed E-state index contributed by atoms with van der Waals surface area (Å²) in [4.78, 5) is 48.2. The molecular formula is C29H45NO9. The van der Waals surface area contributed by atoms with Gasteiger partial charge in [-0.05, 0) is 78.6 Å². The molecule has 1 aliphatic rings. The van der Waals surface area contributed by atoms with E-state index in [4.69, 9.17) is 9.84 Å². The molecule has 10 nitrogen and oxygen atoms in total. The van der Waals surface area contributed by atoms with Gasteiger partial charge >= 0.3 is 17.9 Å². The van der Waals surface area contributed by atoms with Crippen molar-refractivity contribution in [2.45, 2.75) is 97.2 Å². The van der Waals surface area contributed by atoms with Gasteiger partial charge in [0, 0.05) is 12.1 Å². The summed E-state index contributed by atoms with van der Waals surface area (Å²) in [5.41, 5.74) is -2.16. The number of aliphatic hydroxyl groups is 2. The van der Waals surface area contributed by atoms with Crippen LogP contribution in [0.1, 0.15) is 86.0 Å². The van der Waals surface area contributed by atoms with Crippen molar-refractivity contribution in [2.24, 2.45) is 5.92 Å². The van der Waals surface area contributed by atoms with E-state index in [1.165, 1.54) is 16.0 Å². The second-order valence-electron chi connectivity index (χ2n) is 10.6. The first kappa shape index (κ1) is 34.0. The van der Waals surface area contributed by atoms with E-state index < -0.39 is 29.1 Å². The van der Waals surface area contributed by atoms with Gasteiger partial charge in [0.1, 0.15) is 6.54 Å². The van der Waals surface area contributed by atoms with Crippen LogP contribution in [0.25, 0.3) is 0 Å². The molecule has 0 radical (unpaired) electrons. The Morgan fingerprint density at radius 1 is 1.10 bits per heavy atom. The molecule has 0 unspecified atom stereocenters. The molecule has 0 aliphatic carbocycles. The van der Waals surface area contributed by atoms with Crippen LogP contribution < -0.4 is 0 Å². The molecule has 1 heterocycles. The Balaban J connectivity index is 2.47. The van der Waals surface area contributed by atoms with Crippen molar-refractivity contribution in [3.8, 4) is 0 Å². The van der Waals surface area contributed by atoms with E-state index in [9.17, 15) is 34.5 Å². The van der Waals surface area contributed by atoms with Crippen LogP contribution in [0.5, 0.6) is 0 Å². The van der Waals surface area contributed by atoms with Crippen LogP contribution in [-0.2, 0) is 23.9 Å². The Morgan fingerprint density at radius 2 is 1.72 bits per heavy atom. The number of amides is 1. The van der Waals surface area contributed by atoms with Crippen molar-refractivity contribution in [1.82, 2.24) is 4.90 Å². The number of ether oxygens (including phenoxy) is 1. The Labute approximate surface area is 231 Å². The summed E-state index contributed by atoms with van der Waals surface area (Å²) >= 11 is 0. The average Bonchev–Trinajstić information content (AvgIpc) is 3.17. The topological polar surface area (TPSA) is 162 Å². The van der Waals surface area contributed by atoms with Gasteiger partial charge in [-0.15, -0.1) is 0 Å². The van der Waals surface area contributed by atoms with Crippen molar-refractivity contribution < 1.29 is 44.3 Å². The lowest BCUT2D eigenvalue weighted by atomic mass is 9.76. The molecule has 0 spiro atoms. The predicted molar refractivity (Wildman–Crippen MR) is 146 cm³/mol. The summed E-state index contributed by atoms with van der Waals surface area (Å²) in [6.45, 7) is 8.35. The molecule has 4 N–H and O–H groups in total. The highest BCUT2D eigenvalue weighted by atomic mass is 16.6. The number of carboxylic acid groups (broad SMARTS) is 2. The second-order valence-corrected chi connectivity index (χ2v) is 10.6. The Bertz CT molecular complexity index is 979. The summed E-state index contributed by atoms with van der Waals surface area (Å²) in [5.74, 6) is -4.29. The molecule has 0 saturated heterocycles. The zero-order chi connectivity index (χ0) is 29.8. The number of carbonyl (C=O) groups is 4. The van der Waals surface area contributed by atoms with Gasteiger partial charge in [-0.3, -0.25) is 9.59 Å². The fraction of sp³-hybridized carbons (Fsp3) is 0.655. The summed E-state index contributed by atoms with van der Waals surface area (Å²) in [6.07, 6.45) is 11.1. The third-order valence-electron chi connectivity index (χ3n) is 7.13. The number of esters is 1. The minimum absolute atomic E-state index is 0.0467. The van der Waals surface area contributed by atoms with Crippen molar-refractivity contribution >= 4 is 23.8 Å². The summed E-state index contributed by atoms with van der Waals surface area (Å²) in [5, 5.41) is 39.5. The number of hydrogen-bond acceptors (Lipinski definition) is 7. The zero-order valence-corrected chi connectivity index (χ0v) is 23.9. The Morgan fingerprint density at radius 3 is 2.31 bits per heavy atom. The number of allylic oxidation sites excluding steroid dienone is 4. The quantitative estimate of drug-likeness (QED) is 0.147. The molecule has 220 valence electrons. The van der Waals surface area contributed by atoms with Gasteiger partial charge in [0.05, 0.1) is 6.61 Å². The van der Waals surface area contributed by atoms with E-state index in [1.807, 2.05) is 13.8 Å². The lowest BCUT2D eigenvalue weighted by molar-refractivity contribution is -0.210. The SMILES string of the molecule is CCOC(=O)[C@@](O)(C[C@@H](C)CCC/C(C)=C/CC/C(C)=C/CCC1=CCN(CC(=O)O)C1=O)[C@](C)(O)C(=O)O. The molecular weight excluding hydrogens is 506 g/mol. The number of nitrogens with zero attached hydrogens (tertiary/aromatic N) is 1. The summed E-state index contributed by atoms with van der Waals surface area (Å²) in [7, 11) is 0. The summed E-state index contributed by atoms with van der Waals surface area (Å²) in [6, 6.07) is 0. The van der Waals surface area contributed by atoms with Gasteiger partial charge in [0.25, 0.3) is 0 Å². The molecule has 1 aliphatic heterocycles. The van der Waals surface area contributed by atoms with Crippen molar-refractivity contribution in [3.63, 3.8) is 0 Å². The van der Waals surface area contributed by atoms with Crippen LogP contribution in [0.2, 0.25) is 0 Å². The lowest BCUT2D eigenvalue weighted by Gasteiger charge is -2.37. The fourth-order valence-electron chi connectivity index (χ4n) is 4.57. The monoisotopic (exact) mass is 551 g/mol. The first-order valence-electron chi connectivity index (χ1n) is 13.5. The molecule has 0 aromatic heterocycles.